The molecule has 92 valence electrons. The van der Waals surface area contributed by atoms with Crippen LogP contribution < -0.4 is 0 Å². The Balaban J connectivity index is 2.27. The van der Waals surface area contributed by atoms with Gasteiger partial charge in [-0.05, 0) is 47.8 Å². The lowest BCUT2D eigenvalue weighted by Gasteiger charge is -2.20. The van der Waals surface area contributed by atoms with E-state index in [-0.39, 0.29) is 12.3 Å². The Kier molecular flexibility index (Phi) is 3.51. The van der Waals surface area contributed by atoms with Gasteiger partial charge in [-0.3, -0.25) is 4.79 Å². The van der Waals surface area contributed by atoms with E-state index in [1.165, 1.54) is 29.5 Å². The van der Waals surface area contributed by atoms with Crippen LogP contribution in [0, 0.1) is 5.92 Å². The normalized spacial score (nSPS) is 15.9. The van der Waals surface area contributed by atoms with Crippen LogP contribution in [0.1, 0.15) is 49.3 Å². The molecule has 0 amide bonds. The van der Waals surface area contributed by atoms with Gasteiger partial charge in [0, 0.05) is 0 Å². The number of carboxylic acid groups (broad SMARTS) is 1. The van der Waals surface area contributed by atoms with E-state index < -0.39 is 5.97 Å². The van der Waals surface area contributed by atoms with E-state index in [2.05, 4.69) is 32.0 Å². The van der Waals surface area contributed by atoms with E-state index in [9.17, 15) is 4.79 Å². The van der Waals surface area contributed by atoms with Crippen molar-refractivity contribution in [2.24, 2.45) is 5.92 Å². The van der Waals surface area contributed by atoms with Crippen molar-refractivity contribution in [3.05, 3.63) is 34.9 Å². The van der Waals surface area contributed by atoms with Crippen LogP contribution in [0.3, 0.4) is 0 Å². The average Bonchev–Trinajstić information content (AvgIpc) is 2.72. The zero-order valence-corrected chi connectivity index (χ0v) is 10.6. The number of hydrogen-bond acceptors (Lipinski definition) is 1. The van der Waals surface area contributed by atoms with Gasteiger partial charge in [0.2, 0.25) is 0 Å². The molecule has 0 spiro atoms. The minimum Gasteiger partial charge on any atom is -0.481 e. The molecule has 2 heteroatoms. The molecular formula is C15H20O2. The Hall–Kier alpha value is -1.31. The molecule has 0 fully saturated rings. The van der Waals surface area contributed by atoms with E-state index in [1.54, 1.807) is 0 Å². The quantitative estimate of drug-likeness (QED) is 0.864. The number of carboxylic acids is 1. The molecule has 2 nitrogen and oxygen atoms in total. The molecule has 0 heterocycles. The van der Waals surface area contributed by atoms with Crippen LogP contribution in [0.25, 0.3) is 0 Å². The molecule has 0 radical (unpaired) electrons. The summed E-state index contributed by atoms with van der Waals surface area (Å²) in [5.41, 5.74) is 4.08. The third-order valence-corrected chi connectivity index (χ3v) is 3.75. The summed E-state index contributed by atoms with van der Waals surface area (Å²) in [6.07, 6.45) is 3.81. The summed E-state index contributed by atoms with van der Waals surface area (Å²) in [5.74, 6) is -0.201. The SMILES string of the molecule is CC(C)C(CC(=O)O)c1ccc2c(c1)CCC2. The molecule has 1 aliphatic rings. The maximum absolute atomic E-state index is 10.9. The van der Waals surface area contributed by atoms with Crippen molar-refractivity contribution in [3.8, 4) is 0 Å². The van der Waals surface area contributed by atoms with Gasteiger partial charge >= 0.3 is 5.97 Å². The third kappa shape index (κ3) is 2.68. The Morgan fingerprint density at radius 3 is 2.65 bits per heavy atom. The van der Waals surface area contributed by atoms with Crippen LogP contribution in [0.4, 0.5) is 0 Å². The summed E-state index contributed by atoms with van der Waals surface area (Å²) in [7, 11) is 0. The molecule has 1 atom stereocenters. The summed E-state index contributed by atoms with van der Waals surface area (Å²) in [6, 6.07) is 6.54. The number of carbonyl (C=O) groups is 1. The number of fused-ring (bicyclic) bond motifs is 1. The van der Waals surface area contributed by atoms with Crippen molar-refractivity contribution < 1.29 is 9.90 Å². The first kappa shape index (κ1) is 12.2. The average molecular weight is 232 g/mol. The molecule has 0 aromatic heterocycles. The predicted molar refractivity (Wildman–Crippen MR) is 68.3 cm³/mol. The van der Waals surface area contributed by atoms with E-state index in [0.717, 1.165) is 6.42 Å². The number of hydrogen-bond donors (Lipinski definition) is 1. The molecule has 0 aliphatic heterocycles. The molecule has 2 rings (SSSR count). The monoisotopic (exact) mass is 232 g/mol. The first-order valence-corrected chi connectivity index (χ1v) is 6.41. The van der Waals surface area contributed by atoms with Crippen LogP contribution in [0.2, 0.25) is 0 Å². The lowest BCUT2D eigenvalue weighted by molar-refractivity contribution is -0.137. The third-order valence-electron chi connectivity index (χ3n) is 3.75. The van der Waals surface area contributed by atoms with E-state index in [0.29, 0.717) is 5.92 Å². The van der Waals surface area contributed by atoms with Gasteiger partial charge in [-0.15, -0.1) is 0 Å². The lowest BCUT2D eigenvalue weighted by atomic mass is 9.84. The predicted octanol–water partition coefficient (Wildman–Crippen LogP) is 3.39. The Labute approximate surface area is 103 Å². The standard InChI is InChI=1S/C15H20O2/c1-10(2)14(9-15(16)17)13-7-6-11-4-3-5-12(11)8-13/h6-8,10,14H,3-5,9H2,1-2H3,(H,16,17). The van der Waals surface area contributed by atoms with Crippen molar-refractivity contribution in [1.29, 1.82) is 0 Å². The fourth-order valence-corrected chi connectivity index (χ4v) is 2.75. The van der Waals surface area contributed by atoms with Crippen molar-refractivity contribution in [3.63, 3.8) is 0 Å². The minimum absolute atomic E-state index is 0.137. The summed E-state index contributed by atoms with van der Waals surface area (Å²) in [4.78, 5) is 10.9. The zero-order chi connectivity index (χ0) is 12.4. The van der Waals surface area contributed by atoms with E-state index >= 15 is 0 Å². The van der Waals surface area contributed by atoms with Gasteiger partial charge in [-0.1, -0.05) is 32.0 Å². The molecule has 0 bridgehead atoms. The van der Waals surface area contributed by atoms with Crippen molar-refractivity contribution in [1.82, 2.24) is 0 Å². The smallest absolute Gasteiger partial charge is 0.303 e. The van der Waals surface area contributed by atoms with Crippen molar-refractivity contribution >= 4 is 5.97 Å². The maximum atomic E-state index is 10.9. The van der Waals surface area contributed by atoms with Gasteiger partial charge in [0.1, 0.15) is 0 Å². The molecular weight excluding hydrogens is 212 g/mol. The minimum atomic E-state index is -0.704. The fraction of sp³-hybridized carbons (Fsp3) is 0.533. The van der Waals surface area contributed by atoms with Crippen LogP contribution in [-0.2, 0) is 17.6 Å². The summed E-state index contributed by atoms with van der Waals surface area (Å²) >= 11 is 0. The van der Waals surface area contributed by atoms with Gasteiger partial charge in [-0.25, -0.2) is 0 Å². The summed E-state index contributed by atoms with van der Waals surface area (Å²) in [5, 5.41) is 8.99. The fourth-order valence-electron chi connectivity index (χ4n) is 2.75. The second-order valence-corrected chi connectivity index (χ2v) is 5.33. The molecule has 1 aromatic rings. The Bertz CT molecular complexity index is 421. The van der Waals surface area contributed by atoms with Crippen molar-refractivity contribution in [2.45, 2.75) is 45.4 Å². The first-order valence-electron chi connectivity index (χ1n) is 6.41. The van der Waals surface area contributed by atoms with E-state index in [4.69, 9.17) is 5.11 Å². The van der Waals surface area contributed by atoms with Crippen LogP contribution in [0.15, 0.2) is 18.2 Å². The van der Waals surface area contributed by atoms with Gasteiger partial charge < -0.3 is 5.11 Å². The molecule has 1 aromatic carbocycles. The lowest BCUT2D eigenvalue weighted by Crippen LogP contribution is -2.12. The molecule has 0 saturated heterocycles. The number of rotatable bonds is 4. The number of aryl methyl sites for hydroxylation is 2. The highest BCUT2D eigenvalue weighted by molar-refractivity contribution is 5.68. The molecule has 1 unspecified atom stereocenters. The highest BCUT2D eigenvalue weighted by Gasteiger charge is 2.21. The molecule has 17 heavy (non-hydrogen) atoms. The second-order valence-electron chi connectivity index (χ2n) is 5.33. The first-order chi connectivity index (χ1) is 8.08. The number of aliphatic carboxylic acids is 1. The zero-order valence-electron chi connectivity index (χ0n) is 10.6. The van der Waals surface area contributed by atoms with Gasteiger partial charge in [-0.2, -0.15) is 0 Å². The van der Waals surface area contributed by atoms with Gasteiger partial charge in [0.05, 0.1) is 6.42 Å². The van der Waals surface area contributed by atoms with Gasteiger partial charge in [0.15, 0.2) is 0 Å². The Morgan fingerprint density at radius 2 is 2.00 bits per heavy atom. The van der Waals surface area contributed by atoms with E-state index in [1.807, 2.05) is 0 Å². The molecule has 1 N–H and O–H groups in total. The highest BCUT2D eigenvalue weighted by atomic mass is 16.4. The highest BCUT2D eigenvalue weighted by Crippen LogP contribution is 2.31. The Morgan fingerprint density at radius 1 is 1.29 bits per heavy atom. The number of benzene rings is 1. The summed E-state index contributed by atoms with van der Waals surface area (Å²) < 4.78 is 0. The summed E-state index contributed by atoms with van der Waals surface area (Å²) in [6.45, 7) is 4.20. The van der Waals surface area contributed by atoms with Crippen LogP contribution in [-0.4, -0.2) is 11.1 Å². The van der Waals surface area contributed by atoms with Crippen LogP contribution >= 0.6 is 0 Å². The maximum Gasteiger partial charge on any atom is 0.303 e. The molecule has 0 saturated carbocycles. The molecule has 1 aliphatic carbocycles. The largest absolute Gasteiger partial charge is 0.481 e. The topological polar surface area (TPSA) is 37.3 Å². The van der Waals surface area contributed by atoms with Crippen molar-refractivity contribution in [2.75, 3.05) is 0 Å². The van der Waals surface area contributed by atoms with Crippen LogP contribution in [0.5, 0.6) is 0 Å². The van der Waals surface area contributed by atoms with Gasteiger partial charge in [0.25, 0.3) is 0 Å². The second kappa shape index (κ2) is 4.91.